The van der Waals surface area contributed by atoms with Gasteiger partial charge in [-0.2, -0.15) is 5.26 Å². The Hall–Kier alpha value is -2.60. The van der Waals surface area contributed by atoms with Gasteiger partial charge in [0.2, 0.25) is 0 Å². The molecule has 10 heteroatoms. The molecule has 0 bridgehead atoms. The zero-order valence-corrected chi connectivity index (χ0v) is 19.6. The summed E-state index contributed by atoms with van der Waals surface area (Å²) in [6.07, 6.45) is 3.83. The lowest BCUT2D eigenvalue weighted by Gasteiger charge is -2.13. The number of esters is 1. The van der Waals surface area contributed by atoms with Gasteiger partial charge >= 0.3 is 5.97 Å². The van der Waals surface area contributed by atoms with E-state index in [1.165, 1.54) is 36.5 Å². The van der Waals surface area contributed by atoms with Crippen LogP contribution >= 0.6 is 34.5 Å². The molecule has 7 nitrogen and oxygen atoms in total. The molecule has 1 atom stereocenters. The quantitative estimate of drug-likeness (QED) is 0.454. The minimum Gasteiger partial charge on any atom is -0.451 e. The number of ether oxygens (including phenoxy) is 1. The van der Waals surface area contributed by atoms with E-state index >= 15 is 0 Å². The first-order valence-corrected chi connectivity index (χ1v) is 11.7. The lowest BCUT2D eigenvalue weighted by atomic mass is 10.1. The maximum absolute atomic E-state index is 12.5. The number of hydrogen-bond acceptors (Lipinski definition) is 6. The van der Waals surface area contributed by atoms with Crippen LogP contribution in [0.15, 0.2) is 18.2 Å². The van der Waals surface area contributed by atoms with Crippen molar-refractivity contribution in [1.82, 2.24) is 5.32 Å². The number of nitrogens with one attached hydrogen (secondary N) is 2. The predicted octanol–water partition coefficient (Wildman–Crippen LogP) is 4.50. The third kappa shape index (κ3) is 5.80. The van der Waals surface area contributed by atoms with Gasteiger partial charge in [-0.15, -0.1) is 11.3 Å². The summed E-state index contributed by atoms with van der Waals surface area (Å²) in [7, 11) is 0. The van der Waals surface area contributed by atoms with Crippen LogP contribution in [0.3, 0.4) is 0 Å². The van der Waals surface area contributed by atoms with Gasteiger partial charge in [0.05, 0.1) is 16.1 Å². The number of nitriles is 1. The van der Waals surface area contributed by atoms with E-state index in [1.54, 1.807) is 0 Å². The Labute approximate surface area is 199 Å². The average molecular weight is 494 g/mol. The van der Waals surface area contributed by atoms with Gasteiger partial charge in [0, 0.05) is 9.90 Å². The number of fused-ring (bicyclic) bond motifs is 1. The molecule has 1 aliphatic carbocycles. The highest BCUT2D eigenvalue weighted by atomic mass is 35.5. The first kappa shape index (κ1) is 24.1. The number of halogens is 2. The highest BCUT2D eigenvalue weighted by Gasteiger charge is 2.24. The molecular weight excluding hydrogens is 473 g/mol. The molecule has 3 rings (SSSR count). The van der Waals surface area contributed by atoms with Gasteiger partial charge in [-0.1, -0.05) is 29.6 Å². The van der Waals surface area contributed by atoms with Crippen LogP contribution in [0.2, 0.25) is 10.0 Å². The first-order chi connectivity index (χ1) is 15.3. The number of rotatable bonds is 6. The number of thiophene rings is 1. The van der Waals surface area contributed by atoms with Crippen molar-refractivity contribution in [3.63, 3.8) is 0 Å². The smallest absolute Gasteiger partial charge is 0.326 e. The van der Waals surface area contributed by atoms with Crippen molar-refractivity contribution in [1.29, 1.82) is 5.26 Å². The Balaban J connectivity index is 1.55. The van der Waals surface area contributed by atoms with E-state index in [0.29, 0.717) is 15.6 Å². The van der Waals surface area contributed by atoms with Crippen molar-refractivity contribution in [2.45, 2.75) is 45.1 Å². The number of aryl methyl sites for hydroxylation is 1. The maximum Gasteiger partial charge on any atom is 0.326 e. The van der Waals surface area contributed by atoms with Crippen molar-refractivity contribution in [2.75, 3.05) is 11.9 Å². The van der Waals surface area contributed by atoms with Crippen LogP contribution < -0.4 is 10.6 Å². The molecule has 2 N–H and O–H groups in total. The lowest BCUT2D eigenvalue weighted by Crippen LogP contribution is -2.35. The third-order valence-corrected chi connectivity index (χ3v) is 6.77. The molecule has 1 aromatic heterocycles. The summed E-state index contributed by atoms with van der Waals surface area (Å²) in [4.78, 5) is 37.9. The molecule has 0 aliphatic heterocycles. The maximum atomic E-state index is 12.5. The molecule has 0 radical (unpaired) electrons. The second-order valence-electron chi connectivity index (χ2n) is 7.31. The van der Waals surface area contributed by atoms with Crippen molar-refractivity contribution in [3.05, 3.63) is 49.8 Å². The molecule has 0 fully saturated rings. The second kappa shape index (κ2) is 10.8. The van der Waals surface area contributed by atoms with E-state index in [1.807, 2.05) is 0 Å². The largest absolute Gasteiger partial charge is 0.451 e. The number of carbonyl (C=O) groups is 3. The summed E-state index contributed by atoms with van der Waals surface area (Å²) in [5.41, 5.74) is 1.67. The minimum absolute atomic E-state index is 0.152. The standard InChI is InChI=1S/C22H21Cl2N3O4S/c1-12(31-19(28)11-26-21(30)15-8-7-13(23)9-17(15)24)20(29)27-22-16(10-25)14-5-3-2-4-6-18(14)32-22/h7-9,12H,2-6,11H2,1H3,(H,26,30)(H,27,29). The monoisotopic (exact) mass is 493 g/mol. The number of benzene rings is 1. The molecule has 2 amide bonds. The van der Waals surface area contributed by atoms with Crippen LogP contribution in [-0.4, -0.2) is 30.4 Å². The summed E-state index contributed by atoms with van der Waals surface area (Å²) in [5, 5.41) is 15.7. The molecule has 2 aromatic rings. The Morgan fingerprint density at radius 3 is 2.69 bits per heavy atom. The first-order valence-electron chi connectivity index (χ1n) is 10.1. The van der Waals surface area contributed by atoms with Crippen LogP contribution in [0, 0.1) is 11.3 Å². The van der Waals surface area contributed by atoms with E-state index in [0.717, 1.165) is 42.5 Å². The fourth-order valence-electron chi connectivity index (χ4n) is 3.38. The number of carbonyl (C=O) groups excluding carboxylic acids is 3. The minimum atomic E-state index is -1.10. The van der Waals surface area contributed by atoms with Gasteiger partial charge in [-0.25, -0.2) is 0 Å². The molecule has 0 saturated heterocycles. The molecule has 1 aromatic carbocycles. The Kier molecular flexibility index (Phi) is 8.13. The van der Waals surface area contributed by atoms with E-state index in [4.69, 9.17) is 27.9 Å². The van der Waals surface area contributed by atoms with Crippen LogP contribution in [0.25, 0.3) is 0 Å². The molecule has 0 saturated carbocycles. The molecular formula is C22H21Cl2N3O4S. The van der Waals surface area contributed by atoms with Gasteiger partial charge in [0.1, 0.15) is 17.6 Å². The zero-order chi connectivity index (χ0) is 23.3. The fraction of sp³-hybridized carbons (Fsp3) is 0.364. The van der Waals surface area contributed by atoms with E-state index in [-0.39, 0.29) is 10.6 Å². The van der Waals surface area contributed by atoms with Crippen molar-refractivity contribution in [3.8, 4) is 6.07 Å². The third-order valence-electron chi connectivity index (χ3n) is 5.02. The number of hydrogen-bond donors (Lipinski definition) is 2. The number of amides is 2. The van der Waals surface area contributed by atoms with Gasteiger partial charge < -0.3 is 15.4 Å². The van der Waals surface area contributed by atoms with Gasteiger partial charge in [0.15, 0.2) is 6.10 Å². The number of anilines is 1. The van der Waals surface area contributed by atoms with E-state index in [9.17, 15) is 19.6 Å². The Bertz CT molecular complexity index is 1090. The average Bonchev–Trinajstić information content (AvgIpc) is 2.90. The topological polar surface area (TPSA) is 108 Å². The van der Waals surface area contributed by atoms with Gasteiger partial charge in [-0.3, -0.25) is 14.4 Å². The Morgan fingerprint density at radius 1 is 1.22 bits per heavy atom. The van der Waals surface area contributed by atoms with Crippen LogP contribution in [0.5, 0.6) is 0 Å². The summed E-state index contributed by atoms with van der Waals surface area (Å²) in [6, 6.07) is 6.56. The summed E-state index contributed by atoms with van der Waals surface area (Å²) < 4.78 is 5.12. The summed E-state index contributed by atoms with van der Waals surface area (Å²) in [6.45, 7) is 0.988. The van der Waals surface area contributed by atoms with Gasteiger partial charge in [0.25, 0.3) is 11.8 Å². The zero-order valence-electron chi connectivity index (χ0n) is 17.3. The second-order valence-corrected chi connectivity index (χ2v) is 9.26. The van der Waals surface area contributed by atoms with Crippen molar-refractivity contribution >= 4 is 57.3 Å². The molecule has 1 unspecified atom stereocenters. The molecule has 32 heavy (non-hydrogen) atoms. The molecule has 1 heterocycles. The molecule has 1 aliphatic rings. The number of nitrogens with zero attached hydrogens (tertiary/aromatic N) is 1. The van der Waals surface area contributed by atoms with Crippen molar-refractivity contribution in [2.24, 2.45) is 0 Å². The predicted molar refractivity (Wildman–Crippen MR) is 123 cm³/mol. The van der Waals surface area contributed by atoms with Crippen LogP contribution in [0.4, 0.5) is 5.00 Å². The lowest BCUT2D eigenvalue weighted by molar-refractivity contribution is -0.152. The van der Waals surface area contributed by atoms with Crippen LogP contribution in [-0.2, 0) is 27.2 Å². The normalized spacial score (nSPS) is 13.8. The summed E-state index contributed by atoms with van der Waals surface area (Å²) >= 11 is 13.2. The Morgan fingerprint density at radius 2 is 1.97 bits per heavy atom. The fourth-order valence-corrected chi connectivity index (χ4v) is 5.11. The van der Waals surface area contributed by atoms with E-state index in [2.05, 4.69) is 16.7 Å². The van der Waals surface area contributed by atoms with Crippen molar-refractivity contribution < 1.29 is 19.1 Å². The SMILES string of the molecule is CC(OC(=O)CNC(=O)c1ccc(Cl)cc1Cl)C(=O)Nc1sc2c(c1C#N)CCCCC2. The van der Waals surface area contributed by atoms with Gasteiger partial charge in [-0.05, 0) is 56.4 Å². The molecule has 168 valence electrons. The van der Waals surface area contributed by atoms with E-state index < -0.39 is 30.4 Å². The summed E-state index contributed by atoms with van der Waals surface area (Å²) in [5.74, 6) is -1.90. The highest BCUT2D eigenvalue weighted by Crippen LogP contribution is 2.37. The van der Waals surface area contributed by atoms with Crippen LogP contribution in [0.1, 0.15) is 52.5 Å². The molecule has 0 spiro atoms. The highest BCUT2D eigenvalue weighted by molar-refractivity contribution is 7.16.